The van der Waals surface area contributed by atoms with Crippen LogP contribution in [0.15, 0.2) is 12.4 Å². The molecule has 5 rings (SSSR count). The zero-order valence-corrected chi connectivity index (χ0v) is 21.4. The number of sulfonamides is 1. The number of piperazine rings is 1. The first-order chi connectivity index (χ1) is 17.2. The minimum Gasteiger partial charge on any atom is -0.476 e. The van der Waals surface area contributed by atoms with Crippen LogP contribution >= 0.6 is 0 Å². The Kier molecular flexibility index (Phi) is 7.05. The normalized spacial score (nSPS) is 23.3. The summed E-state index contributed by atoms with van der Waals surface area (Å²) in [5, 5.41) is 3.07. The van der Waals surface area contributed by atoms with Crippen molar-refractivity contribution >= 4 is 27.8 Å². The first-order valence-electron chi connectivity index (χ1n) is 12.6. The Labute approximate surface area is 211 Å². The molecule has 12 nitrogen and oxygen atoms in total. The Bertz CT molecular complexity index is 1070. The number of anilines is 1. The molecule has 0 unspecified atom stereocenters. The van der Waals surface area contributed by atoms with Crippen LogP contribution in [0.1, 0.15) is 32.6 Å². The largest absolute Gasteiger partial charge is 0.476 e. The smallest absolute Gasteiger partial charge is 0.410 e. The van der Waals surface area contributed by atoms with Crippen molar-refractivity contribution < 1.29 is 27.5 Å². The lowest BCUT2D eigenvalue weighted by Gasteiger charge is -2.35. The lowest BCUT2D eigenvalue weighted by molar-refractivity contribution is -0.120. The first-order valence-corrected chi connectivity index (χ1v) is 14.2. The van der Waals surface area contributed by atoms with Crippen LogP contribution in [0, 0.1) is 11.8 Å². The van der Waals surface area contributed by atoms with Crippen LogP contribution in [0.2, 0.25) is 0 Å². The van der Waals surface area contributed by atoms with Gasteiger partial charge in [0.15, 0.2) is 5.82 Å². The maximum Gasteiger partial charge on any atom is 0.410 e. The van der Waals surface area contributed by atoms with E-state index < -0.39 is 10.0 Å². The molecule has 3 saturated heterocycles. The van der Waals surface area contributed by atoms with E-state index in [0.29, 0.717) is 50.4 Å². The molecular weight excluding hydrogens is 488 g/mol. The summed E-state index contributed by atoms with van der Waals surface area (Å²) in [7, 11) is -3.46. The van der Waals surface area contributed by atoms with Gasteiger partial charge >= 0.3 is 6.09 Å². The summed E-state index contributed by atoms with van der Waals surface area (Å²) in [6.07, 6.45) is 6.28. The van der Waals surface area contributed by atoms with Crippen molar-refractivity contribution in [3.05, 3.63) is 12.4 Å². The molecule has 1 aliphatic carbocycles. The Balaban J connectivity index is 1.06. The number of piperidine rings is 1. The topological polar surface area (TPSA) is 134 Å². The number of likely N-dealkylation sites (tertiary alicyclic amines) is 1. The van der Waals surface area contributed by atoms with Crippen LogP contribution in [-0.2, 0) is 19.6 Å². The number of hydrogen-bond donors (Lipinski definition) is 1. The molecule has 1 aromatic heterocycles. The quantitative estimate of drug-likeness (QED) is 0.516. The molecule has 1 saturated carbocycles. The average molecular weight is 523 g/mol. The van der Waals surface area contributed by atoms with Gasteiger partial charge in [0, 0.05) is 39.3 Å². The average Bonchev–Trinajstić information content (AvgIpc) is 3.57. The number of aromatic nitrogens is 2. The van der Waals surface area contributed by atoms with Gasteiger partial charge in [-0.2, -0.15) is 4.31 Å². The molecule has 0 spiro atoms. The molecule has 36 heavy (non-hydrogen) atoms. The number of rotatable bonds is 8. The van der Waals surface area contributed by atoms with Gasteiger partial charge < -0.3 is 19.7 Å². The van der Waals surface area contributed by atoms with E-state index >= 15 is 0 Å². The molecule has 1 N–H and O–H groups in total. The molecule has 0 bridgehead atoms. The SMILES string of the molecule is CC1(OC(=O)N2CCC(COc3cnc(N4CCN(S(=O)(=O)CC5CNC5)CC4=O)cn3)CC2)CC1. The van der Waals surface area contributed by atoms with E-state index in [9.17, 15) is 18.0 Å². The summed E-state index contributed by atoms with van der Waals surface area (Å²) in [5.41, 5.74) is -0.259. The van der Waals surface area contributed by atoms with Gasteiger partial charge in [-0.15, -0.1) is 0 Å². The summed E-state index contributed by atoms with van der Waals surface area (Å²) in [5.74, 6) is 0.914. The van der Waals surface area contributed by atoms with E-state index in [2.05, 4.69) is 15.3 Å². The number of amides is 2. The maximum absolute atomic E-state index is 12.7. The van der Waals surface area contributed by atoms with Crippen molar-refractivity contribution in [1.29, 1.82) is 0 Å². The molecule has 4 fully saturated rings. The number of carbonyl (C=O) groups excluding carboxylic acids is 2. The fourth-order valence-corrected chi connectivity index (χ4v) is 6.27. The van der Waals surface area contributed by atoms with E-state index in [1.807, 2.05) is 6.92 Å². The number of hydrogen-bond acceptors (Lipinski definition) is 9. The monoisotopic (exact) mass is 522 g/mol. The first kappa shape index (κ1) is 25.2. The highest BCUT2D eigenvalue weighted by Crippen LogP contribution is 2.39. The van der Waals surface area contributed by atoms with Gasteiger partial charge in [0.05, 0.1) is 31.3 Å². The predicted octanol–water partition coefficient (Wildman–Crippen LogP) is 0.454. The third-order valence-corrected chi connectivity index (χ3v) is 9.40. The molecule has 0 atom stereocenters. The van der Waals surface area contributed by atoms with Gasteiger partial charge in [-0.25, -0.2) is 23.2 Å². The molecule has 198 valence electrons. The number of ether oxygens (including phenoxy) is 2. The Morgan fingerprint density at radius 2 is 1.86 bits per heavy atom. The minimum atomic E-state index is -3.46. The van der Waals surface area contributed by atoms with Gasteiger partial charge in [-0.1, -0.05) is 0 Å². The fourth-order valence-electron chi connectivity index (χ4n) is 4.56. The second-order valence-electron chi connectivity index (χ2n) is 10.5. The van der Waals surface area contributed by atoms with Crippen LogP contribution in [0.25, 0.3) is 0 Å². The summed E-state index contributed by atoms with van der Waals surface area (Å²) < 4.78 is 37.8. The van der Waals surface area contributed by atoms with E-state index in [1.165, 1.54) is 21.6 Å². The van der Waals surface area contributed by atoms with Crippen LogP contribution < -0.4 is 15.0 Å². The predicted molar refractivity (Wildman–Crippen MR) is 130 cm³/mol. The van der Waals surface area contributed by atoms with Crippen molar-refractivity contribution in [2.75, 3.05) is 63.1 Å². The summed E-state index contributed by atoms with van der Waals surface area (Å²) in [6, 6.07) is 0. The van der Waals surface area contributed by atoms with Crippen molar-refractivity contribution in [3.8, 4) is 5.88 Å². The van der Waals surface area contributed by atoms with E-state index in [4.69, 9.17) is 9.47 Å². The highest BCUT2D eigenvalue weighted by Gasteiger charge is 2.43. The zero-order chi connectivity index (χ0) is 25.3. The fraction of sp³-hybridized carbons (Fsp3) is 0.739. The highest BCUT2D eigenvalue weighted by atomic mass is 32.2. The number of nitrogens with zero attached hydrogens (tertiary/aromatic N) is 5. The standard InChI is InChI=1S/C23H34N6O6S/c1-23(4-5-23)35-22(31)27-6-2-17(3-7-27)15-34-20-13-25-19(12-26-20)29-9-8-28(14-21(29)30)36(32,33)16-18-10-24-11-18/h12-13,17-18,24H,2-11,14-16H2,1H3. The third-order valence-electron chi connectivity index (χ3n) is 7.41. The minimum absolute atomic E-state index is 0.0711. The van der Waals surface area contributed by atoms with Gasteiger partial charge in [0.2, 0.25) is 21.8 Å². The Morgan fingerprint density at radius 1 is 1.11 bits per heavy atom. The molecule has 3 aliphatic heterocycles. The molecule has 4 aliphatic rings. The van der Waals surface area contributed by atoms with Crippen LogP contribution in [0.5, 0.6) is 5.88 Å². The van der Waals surface area contributed by atoms with Gasteiger partial charge in [0.1, 0.15) is 5.60 Å². The van der Waals surface area contributed by atoms with E-state index in [1.54, 1.807) is 4.90 Å². The van der Waals surface area contributed by atoms with Crippen molar-refractivity contribution in [1.82, 2.24) is 24.5 Å². The van der Waals surface area contributed by atoms with Crippen LogP contribution in [-0.4, -0.2) is 103 Å². The maximum atomic E-state index is 12.7. The molecule has 13 heteroatoms. The number of carbonyl (C=O) groups is 2. The van der Waals surface area contributed by atoms with Crippen molar-refractivity contribution in [2.24, 2.45) is 11.8 Å². The van der Waals surface area contributed by atoms with Gasteiger partial charge in [-0.05, 0) is 44.4 Å². The molecular formula is C23H34N6O6S. The summed E-state index contributed by atoms with van der Waals surface area (Å²) >= 11 is 0. The third kappa shape index (κ3) is 5.89. The van der Waals surface area contributed by atoms with E-state index in [0.717, 1.165) is 25.7 Å². The molecule has 2 amide bonds. The van der Waals surface area contributed by atoms with Crippen molar-refractivity contribution in [3.63, 3.8) is 0 Å². The van der Waals surface area contributed by atoms with Crippen LogP contribution in [0.4, 0.5) is 10.6 Å². The molecule has 0 aromatic carbocycles. The summed E-state index contributed by atoms with van der Waals surface area (Å²) in [4.78, 5) is 36.7. The van der Waals surface area contributed by atoms with Crippen LogP contribution in [0.3, 0.4) is 0 Å². The Morgan fingerprint density at radius 3 is 2.44 bits per heavy atom. The Hall–Kier alpha value is -2.51. The van der Waals surface area contributed by atoms with Crippen molar-refractivity contribution in [2.45, 2.75) is 38.2 Å². The van der Waals surface area contributed by atoms with Gasteiger partial charge in [-0.3, -0.25) is 9.69 Å². The van der Waals surface area contributed by atoms with Gasteiger partial charge in [0.25, 0.3) is 0 Å². The summed E-state index contributed by atoms with van der Waals surface area (Å²) in [6.45, 7) is 5.41. The molecule has 1 aromatic rings. The van der Waals surface area contributed by atoms with E-state index in [-0.39, 0.29) is 48.9 Å². The zero-order valence-electron chi connectivity index (χ0n) is 20.6. The number of nitrogens with one attached hydrogen (secondary N) is 1. The molecule has 0 radical (unpaired) electrons. The second-order valence-corrected chi connectivity index (χ2v) is 12.5. The second kappa shape index (κ2) is 10.1. The lowest BCUT2D eigenvalue weighted by Crippen LogP contribution is -2.55. The lowest BCUT2D eigenvalue weighted by atomic mass is 9.98. The highest BCUT2D eigenvalue weighted by molar-refractivity contribution is 7.89. The molecule has 4 heterocycles.